The van der Waals surface area contributed by atoms with Crippen molar-refractivity contribution in [1.29, 1.82) is 0 Å². The zero-order valence-corrected chi connectivity index (χ0v) is 16.4. The molecule has 0 aliphatic rings. The normalized spacial score (nSPS) is 15.0. The van der Waals surface area contributed by atoms with Gasteiger partial charge in [0.25, 0.3) is 0 Å². The maximum atomic E-state index is 13.0. The molecule has 0 bridgehead atoms. The number of rotatable bonds is 2. The van der Waals surface area contributed by atoms with E-state index in [2.05, 4.69) is 4.40 Å². The van der Waals surface area contributed by atoms with Crippen molar-refractivity contribution in [2.75, 3.05) is 0 Å². The van der Waals surface area contributed by atoms with E-state index in [-0.39, 0.29) is 0 Å². The number of thiophene rings is 1. The molecule has 138 valence electrons. The molecule has 0 aliphatic heterocycles. The van der Waals surface area contributed by atoms with Crippen LogP contribution in [0.25, 0.3) is 20.2 Å². The van der Waals surface area contributed by atoms with Gasteiger partial charge < -0.3 is 4.55 Å². The van der Waals surface area contributed by atoms with Gasteiger partial charge in [0, 0.05) is 25.7 Å². The molecule has 1 heterocycles. The van der Waals surface area contributed by atoms with Gasteiger partial charge in [-0.15, -0.1) is 11.3 Å². The van der Waals surface area contributed by atoms with Gasteiger partial charge in [-0.1, -0.05) is 10.5 Å². The third-order valence-electron chi connectivity index (χ3n) is 3.96. The predicted molar refractivity (Wildman–Crippen MR) is 104 cm³/mol. The van der Waals surface area contributed by atoms with Crippen LogP contribution < -0.4 is 0 Å². The molecule has 2 nitrogen and oxygen atoms in total. The van der Waals surface area contributed by atoms with Crippen molar-refractivity contribution >= 4 is 48.6 Å². The summed E-state index contributed by atoms with van der Waals surface area (Å²) in [5.41, 5.74) is 0.702. The second kappa shape index (κ2) is 6.55. The Bertz CT molecular complexity index is 1000. The third-order valence-corrected chi connectivity index (χ3v) is 6.60. The van der Waals surface area contributed by atoms with E-state index in [9.17, 15) is 17.7 Å². The van der Waals surface area contributed by atoms with Crippen LogP contribution in [0.3, 0.4) is 0 Å². The van der Waals surface area contributed by atoms with Crippen molar-refractivity contribution in [2.45, 2.75) is 38.6 Å². The first kappa shape index (κ1) is 19.2. The van der Waals surface area contributed by atoms with Crippen LogP contribution in [0.1, 0.15) is 38.8 Å². The maximum Gasteiger partial charge on any atom is 0.416 e. The first-order valence-corrected chi connectivity index (χ1v) is 9.90. The van der Waals surface area contributed by atoms with E-state index in [0.29, 0.717) is 11.1 Å². The molecule has 0 fully saturated rings. The maximum absolute atomic E-state index is 13.0. The highest BCUT2D eigenvalue weighted by molar-refractivity contribution is 7.91. The van der Waals surface area contributed by atoms with E-state index in [4.69, 9.17) is 0 Å². The Hall–Kier alpha value is -1.57. The summed E-state index contributed by atoms with van der Waals surface area (Å²) >= 11 is 0.0596. The summed E-state index contributed by atoms with van der Waals surface area (Å²) in [6.07, 6.45) is -4.37. The molecule has 0 N–H and O–H groups in total. The Kier molecular flexibility index (Phi) is 4.83. The second-order valence-electron chi connectivity index (χ2n) is 7.06. The molecule has 7 heteroatoms. The lowest BCUT2D eigenvalue weighted by Gasteiger charge is -2.18. The molecule has 0 saturated carbocycles. The number of nitrogens with zero attached hydrogens (tertiary/aromatic N) is 1. The van der Waals surface area contributed by atoms with Crippen LogP contribution in [-0.2, 0) is 17.5 Å². The third kappa shape index (κ3) is 3.75. The Morgan fingerprint density at radius 1 is 1.00 bits per heavy atom. The van der Waals surface area contributed by atoms with Gasteiger partial charge in [-0.25, -0.2) is 0 Å². The minimum atomic E-state index is -4.37. The summed E-state index contributed by atoms with van der Waals surface area (Å²) in [7, 11) is 0. The Labute approximate surface area is 157 Å². The Morgan fingerprint density at radius 3 is 2.15 bits per heavy atom. The Morgan fingerprint density at radius 2 is 1.58 bits per heavy atom. The highest BCUT2D eigenvalue weighted by Gasteiger charge is 2.31. The van der Waals surface area contributed by atoms with Crippen molar-refractivity contribution in [3.8, 4) is 0 Å². The molecule has 26 heavy (non-hydrogen) atoms. The van der Waals surface area contributed by atoms with Gasteiger partial charge in [0.05, 0.1) is 11.3 Å². The van der Waals surface area contributed by atoms with Gasteiger partial charge in [-0.05, 0) is 58.0 Å². The fraction of sp³-hybridized carbons (Fsp3) is 0.316. The number of alkyl halides is 3. The molecule has 0 spiro atoms. The van der Waals surface area contributed by atoms with Crippen LogP contribution in [0, 0.1) is 0 Å². The van der Waals surface area contributed by atoms with E-state index in [1.807, 2.05) is 39.0 Å². The molecule has 0 radical (unpaired) electrons. The van der Waals surface area contributed by atoms with Gasteiger partial charge in [0.15, 0.2) is 0 Å². The lowest BCUT2D eigenvalue weighted by atomic mass is 10.1. The average molecular weight is 397 g/mol. The lowest BCUT2D eigenvalue weighted by Crippen LogP contribution is -2.26. The van der Waals surface area contributed by atoms with Crippen molar-refractivity contribution in [3.63, 3.8) is 0 Å². The highest BCUT2D eigenvalue weighted by Crippen LogP contribution is 2.38. The van der Waals surface area contributed by atoms with E-state index in [1.54, 1.807) is 6.92 Å². The Balaban J connectivity index is 2.12. The standard InChI is InChI=1S/C19H18F3NOS2/c1-11(23-26(24)18(2,3)4)12-5-7-16-14(9-12)15-10-13(19(20,21)22)6-8-17(15)25-16/h5-10H,1-4H3. The first-order valence-electron chi connectivity index (χ1n) is 7.98. The number of hydrogen-bond acceptors (Lipinski definition) is 3. The molecular weight excluding hydrogens is 379 g/mol. The van der Waals surface area contributed by atoms with Gasteiger partial charge >= 0.3 is 6.18 Å². The zero-order chi connectivity index (χ0) is 19.3. The zero-order valence-electron chi connectivity index (χ0n) is 14.8. The molecule has 1 unspecified atom stereocenters. The minimum Gasteiger partial charge on any atom is -0.591 e. The summed E-state index contributed by atoms with van der Waals surface area (Å²) < 4.78 is 56.8. The quantitative estimate of drug-likeness (QED) is 0.367. The lowest BCUT2D eigenvalue weighted by molar-refractivity contribution is -0.137. The summed E-state index contributed by atoms with van der Waals surface area (Å²) in [6, 6.07) is 9.38. The van der Waals surface area contributed by atoms with E-state index in [1.165, 1.54) is 23.5 Å². The number of fused-ring (bicyclic) bond motifs is 3. The summed E-state index contributed by atoms with van der Waals surface area (Å²) in [5.74, 6) is 0. The van der Waals surface area contributed by atoms with Crippen molar-refractivity contribution < 1.29 is 17.7 Å². The predicted octanol–water partition coefficient (Wildman–Crippen LogP) is 6.34. The van der Waals surface area contributed by atoms with Crippen molar-refractivity contribution in [2.24, 2.45) is 4.40 Å². The summed E-state index contributed by atoms with van der Waals surface area (Å²) in [4.78, 5) is 0. The molecule has 0 aliphatic carbocycles. The fourth-order valence-corrected chi connectivity index (χ4v) is 4.19. The molecule has 3 aromatic rings. The summed E-state index contributed by atoms with van der Waals surface area (Å²) in [5, 5.41) is 1.33. The van der Waals surface area contributed by atoms with Crippen molar-refractivity contribution in [3.05, 3.63) is 47.5 Å². The largest absolute Gasteiger partial charge is 0.591 e. The van der Waals surface area contributed by atoms with E-state index in [0.717, 1.165) is 26.4 Å². The van der Waals surface area contributed by atoms with E-state index < -0.39 is 27.8 Å². The van der Waals surface area contributed by atoms with Crippen LogP contribution in [0.4, 0.5) is 13.2 Å². The van der Waals surface area contributed by atoms with Gasteiger partial charge in [0.2, 0.25) is 0 Å². The molecule has 1 atom stereocenters. The molecular formula is C19H18F3NOS2. The van der Waals surface area contributed by atoms with Crippen LogP contribution in [0.15, 0.2) is 40.8 Å². The van der Waals surface area contributed by atoms with Crippen LogP contribution in [-0.4, -0.2) is 15.0 Å². The molecule has 0 saturated heterocycles. The number of hydrogen-bond donors (Lipinski definition) is 0. The topological polar surface area (TPSA) is 35.4 Å². The minimum absolute atomic E-state index is 0.470. The molecule has 1 aromatic heterocycles. The fourth-order valence-electron chi connectivity index (χ4n) is 2.49. The summed E-state index contributed by atoms with van der Waals surface area (Å²) in [6.45, 7) is 7.29. The van der Waals surface area contributed by atoms with Crippen LogP contribution >= 0.6 is 11.3 Å². The van der Waals surface area contributed by atoms with Crippen LogP contribution in [0.5, 0.6) is 0 Å². The second-order valence-corrected chi connectivity index (χ2v) is 10.0. The monoisotopic (exact) mass is 397 g/mol. The first-order chi connectivity index (χ1) is 12.0. The smallest absolute Gasteiger partial charge is 0.416 e. The van der Waals surface area contributed by atoms with Gasteiger partial charge in [0.1, 0.15) is 16.1 Å². The van der Waals surface area contributed by atoms with Crippen molar-refractivity contribution in [1.82, 2.24) is 0 Å². The van der Waals surface area contributed by atoms with Gasteiger partial charge in [-0.3, -0.25) is 0 Å². The number of benzene rings is 2. The molecule has 3 rings (SSSR count). The molecule has 2 aromatic carbocycles. The molecule has 0 amide bonds. The SMILES string of the molecule is CC(=N[S+]([O-])C(C)(C)C)c1ccc2sc3ccc(C(F)(F)F)cc3c2c1. The highest BCUT2D eigenvalue weighted by atomic mass is 32.2. The van der Waals surface area contributed by atoms with E-state index >= 15 is 0 Å². The number of halogens is 3. The van der Waals surface area contributed by atoms with Gasteiger partial charge in [-0.2, -0.15) is 13.2 Å². The van der Waals surface area contributed by atoms with Crippen LogP contribution in [0.2, 0.25) is 0 Å². The average Bonchev–Trinajstić information content (AvgIpc) is 2.89.